The molecule has 13 nitrogen and oxygen atoms in total. The first-order chi connectivity index (χ1) is 27.4. The second-order valence-corrected chi connectivity index (χ2v) is 15.9. The Hall–Kier alpha value is -6.49. The van der Waals surface area contributed by atoms with Crippen molar-refractivity contribution in [1.82, 2.24) is 29.7 Å². The van der Waals surface area contributed by atoms with Crippen LogP contribution in [0.4, 0.5) is 26.0 Å². The molecule has 6 aromatic rings. The fourth-order valence-electron chi connectivity index (χ4n) is 7.47. The lowest BCUT2D eigenvalue weighted by atomic mass is 9.62. The maximum absolute atomic E-state index is 16.0. The average Bonchev–Trinajstić information content (AvgIpc) is 3.74. The Morgan fingerprint density at radius 2 is 1.77 bits per heavy atom. The van der Waals surface area contributed by atoms with Gasteiger partial charge in [-0.15, -0.1) is 0 Å². The van der Waals surface area contributed by atoms with Gasteiger partial charge in [-0.05, 0) is 54.8 Å². The molecule has 3 aromatic heterocycles. The Labute approximate surface area is 327 Å². The van der Waals surface area contributed by atoms with Gasteiger partial charge in [0.15, 0.2) is 13.1 Å². The normalized spacial score (nSPS) is 15.5. The van der Waals surface area contributed by atoms with E-state index in [4.69, 9.17) is 4.98 Å². The molecule has 2 aliphatic heterocycles. The van der Waals surface area contributed by atoms with Gasteiger partial charge < -0.3 is 14.4 Å². The van der Waals surface area contributed by atoms with Gasteiger partial charge in [-0.2, -0.15) is 0 Å². The van der Waals surface area contributed by atoms with Crippen LogP contribution in [0.2, 0.25) is 0 Å². The second-order valence-electron chi connectivity index (χ2n) is 14.0. The quantitative estimate of drug-likeness (QED) is 0.147. The van der Waals surface area contributed by atoms with Crippen molar-refractivity contribution in [1.29, 1.82) is 0 Å². The predicted molar refractivity (Wildman–Crippen MR) is 213 cm³/mol. The fourth-order valence-corrected chi connectivity index (χ4v) is 8.60. The topological polar surface area (TPSA) is 159 Å². The first-order valence-corrected chi connectivity index (χ1v) is 19.9. The van der Waals surface area contributed by atoms with Gasteiger partial charge in [0, 0.05) is 61.0 Å². The molecular formula is C40H35BF2N8O5S. The molecule has 1 fully saturated rings. The Bertz CT molecular complexity index is 2700. The first-order valence-electron chi connectivity index (χ1n) is 18.3. The SMILES string of the molecule is CCCS(=O)(=O)Nc1ccc(F)c(-n2cc(-c3cncnc3)c3nc(N(C)c4ccc(Bc5cccc6c5C(=O)N(C5CCC(=O)NC5=O)C6)cc4)ccc32)c1F. The maximum Gasteiger partial charge on any atom is 0.254 e. The zero-order chi connectivity index (χ0) is 40.0. The van der Waals surface area contributed by atoms with E-state index >= 15 is 8.78 Å². The van der Waals surface area contributed by atoms with E-state index in [9.17, 15) is 22.8 Å². The summed E-state index contributed by atoms with van der Waals surface area (Å²) in [5.74, 6) is -2.70. The van der Waals surface area contributed by atoms with Crippen LogP contribution >= 0.6 is 0 Å². The minimum atomic E-state index is -3.87. The summed E-state index contributed by atoms with van der Waals surface area (Å²) in [5.41, 5.74) is 4.92. The van der Waals surface area contributed by atoms with E-state index in [2.05, 4.69) is 20.0 Å². The largest absolute Gasteiger partial charge is 0.329 e. The van der Waals surface area contributed by atoms with Crippen LogP contribution in [0.25, 0.3) is 27.8 Å². The molecule has 5 heterocycles. The number of fused-ring (bicyclic) bond motifs is 2. The number of sulfonamides is 1. The number of imide groups is 1. The van der Waals surface area contributed by atoms with E-state index < -0.39 is 39.3 Å². The number of piperidine rings is 1. The number of amides is 3. The lowest BCUT2D eigenvalue weighted by molar-refractivity contribution is -0.136. The molecule has 1 atom stereocenters. The Balaban J connectivity index is 1.08. The minimum absolute atomic E-state index is 0.185. The van der Waals surface area contributed by atoms with Crippen LogP contribution < -0.4 is 25.9 Å². The van der Waals surface area contributed by atoms with Crippen LogP contribution in [0.1, 0.15) is 42.1 Å². The molecule has 2 N–H and O–H groups in total. The summed E-state index contributed by atoms with van der Waals surface area (Å²) in [7, 11) is -1.56. The Morgan fingerprint density at radius 1 is 1.00 bits per heavy atom. The molecule has 1 unspecified atom stereocenters. The van der Waals surface area contributed by atoms with Crippen molar-refractivity contribution in [2.75, 3.05) is 22.4 Å². The van der Waals surface area contributed by atoms with Gasteiger partial charge in [0.1, 0.15) is 29.7 Å². The van der Waals surface area contributed by atoms with Crippen molar-refractivity contribution >= 4 is 74.2 Å². The molecule has 3 aromatic carbocycles. The minimum Gasteiger partial charge on any atom is -0.329 e. The molecule has 2 aliphatic rings. The summed E-state index contributed by atoms with van der Waals surface area (Å²) in [6.07, 6.45) is 6.80. The molecule has 288 valence electrons. The third-order valence-corrected chi connectivity index (χ3v) is 11.7. The molecule has 1 saturated heterocycles. The highest BCUT2D eigenvalue weighted by molar-refractivity contribution is 7.92. The number of benzene rings is 3. The lowest BCUT2D eigenvalue weighted by Crippen LogP contribution is -2.52. The zero-order valence-corrected chi connectivity index (χ0v) is 31.7. The average molecular weight is 789 g/mol. The van der Waals surface area contributed by atoms with Crippen LogP contribution in [0.3, 0.4) is 0 Å². The van der Waals surface area contributed by atoms with Gasteiger partial charge in [-0.1, -0.05) is 48.2 Å². The Kier molecular flexibility index (Phi) is 9.77. The van der Waals surface area contributed by atoms with Crippen molar-refractivity contribution in [2.24, 2.45) is 0 Å². The third-order valence-electron chi connectivity index (χ3n) is 10.3. The van der Waals surface area contributed by atoms with E-state index in [1.54, 1.807) is 36.4 Å². The molecule has 0 spiro atoms. The number of hydrogen-bond acceptors (Lipinski definition) is 9. The number of aromatic nitrogens is 4. The number of anilines is 3. The summed E-state index contributed by atoms with van der Waals surface area (Å²) in [6.45, 7) is 1.98. The molecule has 0 bridgehead atoms. The van der Waals surface area contributed by atoms with Crippen molar-refractivity contribution in [3.05, 3.63) is 114 Å². The number of carbonyl (C=O) groups is 3. The molecule has 17 heteroatoms. The maximum atomic E-state index is 16.0. The first kappa shape index (κ1) is 37.4. The molecule has 0 aliphatic carbocycles. The van der Waals surface area contributed by atoms with Crippen LogP contribution in [0.15, 0.2) is 91.6 Å². The van der Waals surface area contributed by atoms with Crippen LogP contribution in [-0.4, -0.2) is 76.7 Å². The van der Waals surface area contributed by atoms with E-state index in [0.29, 0.717) is 60.2 Å². The summed E-state index contributed by atoms with van der Waals surface area (Å²) in [4.78, 5) is 54.5. The van der Waals surface area contributed by atoms with Crippen molar-refractivity contribution < 1.29 is 31.6 Å². The molecule has 0 saturated carbocycles. The number of rotatable bonds is 11. The highest BCUT2D eigenvalue weighted by atomic mass is 32.2. The summed E-state index contributed by atoms with van der Waals surface area (Å²) in [6, 6.07) is 18.2. The number of halogens is 2. The monoisotopic (exact) mass is 788 g/mol. The summed E-state index contributed by atoms with van der Waals surface area (Å²) < 4.78 is 60.1. The third kappa shape index (κ3) is 7.10. The van der Waals surface area contributed by atoms with Crippen LogP contribution in [0, 0.1) is 11.6 Å². The van der Waals surface area contributed by atoms with Gasteiger partial charge in [0.25, 0.3) is 5.91 Å². The van der Waals surface area contributed by atoms with E-state index in [1.165, 1.54) is 17.1 Å². The van der Waals surface area contributed by atoms with Gasteiger partial charge >= 0.3 is 0 Å². The van der Waals surface area contributed by atoms with Gasteiger partial charge in [-0.25, -0.2) is 32.2 Å². The van der Waals surface area contributed by atoms with Crippen LogP contribution in [0.5, 0.6) is 0 Å². The predicted octanol–water partition coefficient (Wildman–Crippen LogP) is 3.83. The molecule has 0 radical (unpaired) electrons. The number of nitrogens with one attached hydrogen (secondary N) is 2. The summed E-state index contributed by atoms with van der Waals surface area (Å²) >= 11 is 0. The Morgan fingerprint density at radius 3 is 2.51 bits per heavy atom. The van der Waals surface area contributed by atoms with Crippen molar-refractivity contribution in [3.8, 4) is 16.8 Å². The summed E-state index contributed by atoms with van der Waals surface area (Å²) in [5, 5.41) is 2.34. The molecular weight excluding hydrogens is 753 g/mol. The standard InChI is InChI=1S/C40H35BF2N8O5S/c1-3-17-57(55,56)48-30-12-11-29(42)38(36(30)43)50-21-27(24-18-44-22-45-19-24)37-31(50)13-15-33(46-37)49(2)26-9-7-25(8-10-26)41-28-6-4-5-23-20-51(40(54)35(23)28)32-14-16-34(52)47-39(32)53/h4-13,15,18-19,21-22,32,41,48H,3,14,16-17,20H2,1-2H3,(H,47,52,53). The van der Waals surface area contributed by atoms with Crippen LogP contribution in [-0.2, 0) is 26.2 Å². The highest BCUT2D eigenvalue weighted by Gasteiger charge is 2.40. The molecule has 8 rings (SSSR count). The van der Waals surface area contributed by atoms with Gasteiger partial charge in [0.05, 0.1) is 22.5 Å². The van der Waals surface area contributed by atoms with E-state index in [1.807, 2.05) is 54.4 Å². The zero-order valence-electron chi connectivity index (χ0n) is 30.9. The molecule has 3 amide bonds. The molecule has 57 heavy (non-hydrogen) atoms. The van der Waals surface area contributed by atoms with Crippen molar-refractivity contribution in [3.63, 3.8) is 0 Å². The number of hydrogen-bond donors (Lipinski definition) is 2. The smallest absolute Gasteiger partial charge is 0.254 e. The lowest BCUT2D eigenvalue weighted by Gasteiger charge is -2.29. The van der Waals surface area contributed by atoms with E-state index in [-0.39, 0.29) is 29.7 Å². The van der Waals surface area contributed by atoms with Crippen molar-refractivity contribution in [2.45, 2.75) is 38.8 Å². The number of carbonyl (C=O) groups excluding carboxylic acids is 3. The fraction of sp³-hybridized carbons (Fsp3) is 0.200. The van der Waals surface area contributed by atoms with Gasteiger partial charge in [-0.3, -0.25) is 24.4 Å². The van der Waals surface area contributed by atoms with Gasteiger partial charge in [0.2, 0.25) is 21.8 Å². The number of pyridine rings is 1. The highest BCUT2D eigenvalue weighted by Crippen LogP contribution is 2.36. The van der Waals surface area contributed by atoms with E-state index in [0.717, 1.165) is 34.3 Å². The second kappa shape index (κ2) is 14.9. The number of nitrogens with zero attached hydrogens (tertiary/aromatic N) is 6.